The van der Waals surface area contributed by atoms with Gasteiger partial charge in [-0.1, -0.05) is 51.3 Å². The molecule has 20 heavy (non-hydrogen) atoms. The van der Waals surface area contributed by atoms with Crippen molar-refractivity contribution in [1.82, 2.24) is 0 Å². The summed E-state index contributed by atoms with van der Waals surface area (Å²) in [4.78, 5) is 12.4. The van der Waals surface area contributed by atoms with Gasteiger partial charge in [-0.25, -0.2) is 0 Å². The van der Waals surface area contributed by atoms with Crippen molar-refractivity contribution in [3.63, 3.8) is 0 Å². The van der Waals surface area contributed by atoms with Crippen LogP contribution in [0.4, 0.5) is 0 Å². The number of carbonyl (C=O) groups is 1. The van der Waals surface area contributed by atoms with Crippen LogP contribution in [-0.2, 0) is 6.42 Å². The van der Waals surface area contributed by atoms with E-state index in [1.165, 1.54) is 12.0 Å². The van der Waals surface area contributed by atoms with E-state index in [-0.39, 0.29) is 11.7 Å². The minimum absolute atomic E-state index is 0.0949. The van der Waals surface area contributed by atoms with E-state index in [4.69, 9.17) is 0 Å². The number of ketones is 1. The van der Waals surface area contributed by atoms with Crippen LogP contribution in [-0.4, -0.2) is 17.0 Å². The monoisotopic (exact) mass is 274 g/mol. The number of aliphatic hydroxyl groups is 1. The van der Waals surface area contributed by atoms with Crippen LogP contribution in [0, 0.1) is 11.8 Å². The smallest absolute Gasteiger partial charge is 0.191 e. The predicted molar refractivity (Wildman–Crippen MR) is 81.9 cm³/mol. The van der Waals surface area contributed by atoms with Gasteiger partial charge >= 0.3 is 0 Å². The highest BCUT2D eigenvalue weighted by Gasteiger charge is 2.28. The van der Waals surface area contributed by atoms with Crippen LogP contribution in [0.25, 0.3) is 0 Å². The summed E-state index contributed by atoms with van der Waals surface area (Å²) in [5, 5.41) is 10.3. The fourth-order valence-electron chi connectivity index (χ4n) is 3.16. The Balaban J connectivity index is 2.07. The van der Waals surface area contributed by atoms with Crippen LogP contribution >= 0.6 is 0 Å². The lowest BCUT2D eigenvalue weighted by atomic mass is 9.82. The van der Waals surface area contributed by atoms with Gasteiger partial charge in [0.1, 0.15) is 6.10 Å². The molecule has 1 atom stereocenters. The zero-order chi connectivity index (χ0) is 14.5. The Bertz CT molecular complexity index is 444. The number of hydrogen-bond acceptors (Lipinski definition) is 2. The Kier molecular flexibility index (Phi) is 5.36. The molecular weight excluding hydrogens is 248 g/mol. The molecule has 0 amide bonds. The second-order valence-electron chi connectivity index (χ2n) is 6.51. The van der Waals surface area contributed by atoms with Crippen LogP contribution in [0.15, 0.2) is 24.3 Å². The van der Waals surface area contributed by atoms with Crippen molar-refractivity contribution in [2.45, 2.75) is 58.5 Å². The molecule has 0 heterocycles. The Labute approximate surface area is 122 Å². The highest BCUT2D eigenvalue weighted by atomic mass is 16.3. The molecule has 0 saturated heterocycles. The summed E-state index contributed by atoms with van der Waals surface area (Å²) in [6.07, 6.45) is 5.65. The van der Waals surface area contributed by atoms with Crippen LogP contribution < -0.4 is 0 Å². The average molecular weight is 274 g/mol. The third kappa shape index (κ3) is 3.92. The number of Topliss-reactive ketones (excluding diaryl/α,β-unsaturated/α-hetero) is 1. The first-order valence-electron chi connectivity index (χ1n) is 7.89. The summed E-state index contributed by atoms with van der Waals surface area (Å²) in [6.45, 7) is 4.34. The third-order valence-electron chi connectivity index (χ3n) is 4.22. The van der Waals surface area contributed by atoms with E-state index in [1.54, 1.807) is 0 Å². The molecule has 2 rings (SSSR count). The van der Waals surface area contributed by atoms with E-state index in [1.807, 2.05) is 18.2 Å². The Morgan fingerprint density at radius 1 is 1.25 bits per heavy atom. The fourth-order valence-corrected chi connectivity index (χ4v) is 3.16. The molecule has 1 aliphatic rings. The van der Waals surface area contributed by atoms with E-state index in [9.17, 15) is 9.90 Å². The van der Waals surface area contributed by atoms with E-state index in [0.29, 0.717) is 11.5 Å². The van der Waals surface area contributed by atoms with Gasteiger partial charge in [-0.3, -0.25) is 4.79 Å². The molecule has 0 spiro atoms. The molecule has 0 aliphatic heterocycles. The van der Waals surface area contributed by atoms with Gasteiger partial charge in [-0.05, 0) is 42.7 Å². The standard InChI is InChI=1S/C18H26O2/c1-13(2)11-14-7-6-10-16(12-14)18(20)17(19)15-8-4-3-5-9-15/h6-7,10,12-13,15,17,19H,3-5,8-9,11H2,1-2H3. The zero-order valence-corrected chi connectivity index (χ0v) is 12.6. The normalized spacial score (nSPS) is 18.2. The molecule has 1 saturated carbocycles. The Morgan fingerprint density at radius 2 is 1.95 bits per heavy atom. The molecule has 1 N–H and O–H groups in total. The maximum absolute atomic E-state index is 12.4. The van der Waals surface area contributed by atoms with Gasteiger partial charge < -0.3 is 5.11 Å². The average Bonchev–Trinajstić information content (AvgIpc) is 2.46. The van der Waals surface area contributed by atoms with E-state index in [2.05, 4.69) is 19.9 Å². The minimum Gasteiger partial charge on any atom is -0.385 e. The summed E-state index contributed by atoms with van der Waals surface area (Å²) >= 11 is 0. The summed E-state index contributed by atoms with van der Waals surface area (Å²) in [5.74, 6) is 0.635. The molecule has 2 nitrogen and oxygen atoms in total. The third-order valence-corrected chi connectivity index (χ3v) is 4.22. The first-order chi connectivity index (χ1) is 9.58. The second kappa shape index (κ2) is 7.03. The molecule has 1 fully saturated rings. The topological polar surface area (TPSA) is 37.3 Å². The molecule has 1 unspecified atom stereocenters. The van der Waals surface area contributed by atoms with Crippen LogP contribution in [0.5, 0.6) is 0 Å². The maximum Gasteiger partial charge on any atom is 0.191 e. The van der Waals surface area contributed by atoms with Gasteiger partial charge in [0, 0.05) is 5.56 Å². The zero-order valence-electron chi connectivity index (χ0n) is 12.6. The molecule has 110 valence electrons. The maximum atomic E-state index is 12.4. The molecule has 2 heteroatoms. The molecule has 1 aromatic carbocycles. The van der Waals surface area contributed by atoms with Gasteiger partial charge in [-0.15, -0.1) is 0 Å². The van der Waals surface area contributed by atoms with E-state index in [0.717, 1.165) is 32.1 Å². The summed E-state index contributed by atoms with van der Waals surface area (Å²) < 4.78 is 0. The van der Waals surface area contributed by atoms with Gasteiger partial charge in [-0.2, -0.15) is 0 Å². The van der Waals surface area contributed by atoms with Crippen molar-refractivity contribution >= 4 is 5.78 Å². The number of carbonyl (C=O) groups excluding carboxylic acids is 1. The van der Waals surface area contributed by atoms with Crippen molar-refractivity contribution in [3.8, 4) is 0 Å². The van der Waals surface area contributed by atoms with Crippen molar-refractivity contribution in [3.05, 3.63) is 35.4 Å². The quantitative estimate of drug-likeness (QED) is 0.824. The van der Waals surface area contributed by atoms with Gasteiger partial charge in [0.15, 0.2) is 5.78 Å². The number of hydrogen-bond donors (Lipinski definition) is 1. The predicted octanol–water partition coefficient (Wildman–Crippen LogP) is 4.01. The summed E-state index contributed by atoms with van der Waals surface area (Å²) in [7, 11) is 0. The lowest BCUT2D eigenvalue weighted by Crippen LogP contribution is -2.31. The first kappa shape index (κ1) is 15.2. The number of benzene rings is 1. The number of aliphatic hydroxyl groups excluding tert-OH is 1. The van der Waals surface area contributed by atoms with E-state index >= 15 is 0 Å². The molecule has 0 aromatic heterocycles. The largest absolute Gasteiger partial charge is 0.385 e. The SMILES string of the molecule is CC(C)Cc1cccc(C(=O)C(O)C2CCCCC2)c1. The molecule has 1 aromatic rings. The highest BCUT2D eigenvalue weighted by molar-refractivity contribution is 5.99. The van der Waals surface area contributed by atoms with Crippen molar-refractivity contribution in [1.29, 1.82) is 0 Å². The highest BCUT2D eigenvalue weighted by Crippen LogP contribution is 2.28. The van der Waals surface area contributed by atoms with Crippen LogP contribution in [0.3, 0.4) is 0 Å². The lowest BCUT2D eigenvalue weighted by molar-refractivity contribution is 0.0534. The number of rotatable bonds is 5. The van der Waals surface area contributed by atoms with Crippen LogP contribution in [0.2, 0.25) is 0 Å². The molecule has 0 radical (unpaired) electrons. The van der Waals surface area contributed by atoms with Gasteiger partial charge in [0.2, 0.25) is 0 Å². The summed E-state index contributed by atoms with van der Waals surface area (Å²) in [5.41, 5.74) is 1.85. The molecule has 0 bridgehead atoms. The fraction of sp³-hybridized carbons (Fsp3) is 0.611. The van der Waals surface area contributed by atoms with Gasteiger partial charge in [0.05, 0.1) is 0 Å². The summed E-state index contributed by atoms with van der Waals surface area (Å²) in [6, 6.07) is 7.77. The molecule has 1 aliphatic carbocycles. The Hall–Kier alpha value is -1.15. The van der Waals surface area contributed by atoms with E-state index < -0.39 is 6.10 Å². The van der Waals surface area contributed by atoms with Crippen molar-refractivity contribution in [2.24, 2.45) is 11.8 Å². The first-order valence-corrected chi connectivity index (χ1v) is 7.89. The molecular formula is C18H26O2. The minimum atomic E-state index is -0.815. The lowest BCUT2D eigenvalue weighted by Gasteiger charge is -2.25. The second-order valence-corrected chi connectivity index (χ2v) is 6.51. The van der Waals surface area contributed by atoms with Crippen molar-refractivity contribution in [2.75, 3.05) is 0 Å². The van der Waals surface area contributed by atoms with Crippen molar-refractivity contribution < 1.29 is 9.90 Å². The van der Waals surface area contributed by atoms with Gasteiger partial charge in [0.25, 0.3) is 0 Å². The van der Waals surface area contributed by atoms with Crippen LogP contribution in [0.1, 0.15) is 61.9 Å². The Morgan fingerprint density at radius 3 is 2.60 bits per heavy atom.